The normalized spacial score (nSPS) is 18.2. The summed E-state index contributed by atoms with van der Waals surface area (Å²) < 4.78 is 1.17. The van der Waals surface area contributed by atoms with Crippen molar-refractivity contribution in [1.29, 1.82) is 0 Å². The van der Waals surface area contributed by atoms with Crippen LogP contribution < -0.4 is 5.32 Å². The van der Waals surface area contributed by atoms with Gasteiger partial charge in [-0.25, -0.2) is 0 Å². The van der Waals surface area contributed by atoms with Gasteiger partial charge in [0.1, 0.15) is 0 Å². The molecule has 1 N–H and O–H groups in total. The number of halogens is 1. The monoisotopic (exact) mass is 329 g/mol. The lowest BCUT2D eigenvalue weighted by Crippen LogP contribution is -2.11. The minimum atomic E-state index is 0.439. The van der Waals surface area contributed by atoms with Crippen LogP contribution >= 0.6 is 15.9 Å². The van der Waals surface area contributed by atoms with Crippen LogP contribution in [-0.2, 0) is 6.42 Å². The van der Waals surface area contributed by atoms with E-state index in [1.165, 1.54) is 52.5 Å². The molecule has 2 aromatic rings. The van der Waals surface area contributed by atoms with E-state index in [1.807, 2.05) is 0 Å². The van der Waals surface area contributed by atoms with E-state index in [9.17, 15) is 0 Å². The first-order chi connectivity index (χ1) is 9.74. The van der Waals surface area contributed by atoms with Crippen LogP contribution in [0.25, 0.3) is 0 Å². The van der Waals surface area contributed by atoms with E-state index in [1.54, 1.807) is 0 Å². The topological polar surface area (TPSA) is 12.0 Å². The average Bonchev–Trinajstić information content (AvgIpc) is 2.66. The summed E-state index contributed by atoms with van der Waals surface area (Å²) in [5, 5.41) is 3.72. The van der Waals surface area contributed by atoms with Crippen molar-refractivity contribution in [2.45, 2.75) is 38.6 Å². The zero-order chi connectivity index (χ0) is 13.9. The Bertz CT molecular complexity index is 606. The van der Waals surface area contributed by atoms with Gasteiger partial charge in [-0.15, -0.1) is 0 Å². The Kier molecular flexibility index (Phi) is 4.11. The van der Waals surface area contributed by atoms with Crippen molar-refractivity contribution >= 4 is 21.6 Å². The Balaban J connectivity index is 1.88. The molecule has 0 amide bonds. The summed E-state index contributed by atoms with van der Waals surface area (Å²) in [5.74, 6) is 0. The van der Waals surface area contributed by atoms with Crippen molar-refractivity contribution in [3.63, 3.8) is 0 Å². The van der Waals surface area contributed by atoms with Crippen LogP contribution in [-0.4, -0.2) is 0 Å². The number of anilines is 1. The second kappa shape index (κ2) is 6.01. The highest BCUT2D eigenvalue weighted by Crippen LogP contribution is 2.32. The molecule has 3 rings (SSSR count). The molecule has 2 heteroatoms. The molecule has 0 fully saturated rings. The van der Waals surface area contributed by atoms with E-state index < -0.39 is 0 Å². The van der Waals surface area contributed by atoms with Crippen LogP contribution in [0, 0.1) is 6.92 Å². The summed E-state index contributed by atoms with van der Waals surface area (Å²) in [6.45, 7) is 2.14. The zero-order valence-corrected chi connectivity index (χ0v) is 13.4. The average molecular weight is 330 g/mol. The highest BCUT2D eigenvalue weighted by atomic mass is 79.9. The van der Waals surface area contributed by atoms with Gasteiger partial charge in [0.2, 0.25) is 0 Å². The SMILES string of the molecule is Cc1cc(NC2CCCCc3ccccc32)ccc1Br. The molecule has 2 aromatic carbocycles. The first-order valence-corrected chi connectivity index (χ1v) is 8.14. The summed E-state index contributed by atoms with van der Waals surface area (Å²) in [6, 6.07) is 15.8. The molecule has 1 nitrogen and oxygen atoms in total. The van der Waals surface area contributed by atoms with Gasteiger partial charge in [0.15, 0.2) is 0 Å². The van der Waals surface area contributed by atoms with Gasteiger partial charge < -0.3 is 5.32 Å². The predicted octanol–water partition coefficient (Wildman–Crippen LogP) is 5.64. The Morgan fingerprint density at radius 3 is 2.80 bits per heavy atom. The van der Waals surface area contributed by atoms with Gasteiger partial charge in [-0.1, -0.05) is 46.6 Å². The molecular formula is C18H20BrN. The maximum absolute atomic E-state index is 3.72. The standard InChI is InChI=1S/C18H20BrN/c1-13-12-15(10-11-17(13)19)20-18-9-5-3-7-14-6-2-4-8-16(14)18/h2,4,6,8,10-12,18,20H,3,5,7,9H2,1H3. The maximum Gasteiger partial charge on any atom is 0.0516 e. The molecule has 1 aliphatic carbocycles. The molecular weight excluding hydrogens is 310 g/mol. The third-order valence-electron chi connectivity index (χ3n) is 4.12. The summed E-state index contributed by atoms with van der Waals surface area (Å²) in [4.78, 5) is 0. The van der Waals surface area contributed by atoms with Crippen LogP contribution in [0.2, 0.25) is 0 Å². The van der Waals surface area contributed by atoms with Crippen molar-refractivity contribution in [3.05, 3.63) is 63.6 Å². The lowest BCUT2D eigenvalue weighted by atomic mass is 9.99. The minimum absolute atomic E-state index is 0.439. The quantitative estimate of drug-likeness (QED) is 0.703. The maximum atomic E-state index is 3.72. The molecule has 1 aliphatic rings. The number of nitrogens with one attached hydrogen (secondary N) is 1. The van der Waals surface area contributed by atoms with Gasteiger partial charge in [-0.05, 0) is 61.1 Å². The minimum Gasteiger partial charge on any atom is -0.378 e. The highest BCUT2D eigenvalue weighted by Gasteiger charge is 2.18. The van der Waals surface area contributed by atoms with Gasteiger partial charge in [0.25, 0.3) is 0 Å². The van der Waals surface area contributed by atoms with E-state index in [4.69, 9.17) is 0 Å². The van der Waals surface area contributed by atoms with Crippen molar-refractivity contribution < 1.29 is 0 Å². The molecule has 1 atom stereocenters. The first kappa shape index (κ1) is 13.7. The predicted molar refractivity (Wildman–Crippen MR) is 89.2 cm³/mol. The molecule has 0 saturated carbocycles. The number of hydrogen-bond acceptors (Lipinski definition) is 1. The molecule has 0 aliphatic heterocycles. The lowest BCUT2D eigenvalue weighted by molar-refractivity contribution is 0.644. The fraction of sp³-hybridized carbons (Fsp3) is 0.333. The number of hydrogen-bond donors (Lipinski definition) is 1. The molecule has 0 bridgehead atoms. The second-order valence-electron chi connectivity index (χ2n) is 5.61. The first-order valence-electron chi connectivity index (χ1n) is 7.34. The van der Waals surface area contributed by atoms with Gasteiger partial charge in [0.05, 0.1) is 6.04 Å². The number of aryl methyl sites for hydroxylation is 2. The van der Waals surface area contributed by atoms with E-state index in [-0.39, 0.29) is 0 Å². The molecule has 0 aromatic heterocycles. The molecule has 0 heterocycles. The molecule has 0 spiro atoms. The Morgan fingerprint density at radius 2 is 1.95 bits per heavy atom. The third kappa shape index (κ3) is 2.90. The second-order valence-corrected chi connectivity index (χ2v) is 6.46. The Hall–Kier alpha value is -1.28. The summed E-state index contributed by atoms with van der Waals surface area (Å²) in [7, 11) is 0. The van der Waals surface area contributed by atoms with Crippen molar-refractivity contribution in [2.24, 2.45) is 0 Å². The molecule has 0 radical (unpaired) electrons. The van der Waals surface area contributed by atoms with Gasteiger partial charge in [-0.2, -0.15) is 0 Å². The van der Waals surface area contributed by atoms with Crippen LogP contribution in [0.5, 0.6) is 0 Å². The Labute approximate surface area is 129 Å². The molecule has 104 valence electrons. The molecule has 0 saturated heterocycles. The van der Waals surface area contributed by atoms with Crippen LogP contribution in [0.4, 0.5) is 5.69 Å². The van der Waals surface area contributed by atoms with Crippen LogP contribution in [0.1, 0.15) is 42.0 Å². The summed E-state index contributed by atoms with van der Waals surface area (Å²) >= 11 is 3.57. The fourth-order valence-corrected chi connectivity index (χ4v) is 3.25. The lowest BCUT2D eigenvalue weighted by Gasteiger charge is -2.21. The van der Waals surface area contributed by atoms with Gasteiger partial charge >= 0.3 is 0 Å². The smallest absolute Gasteiger partial charge is 0.0516 e. The highest BCUT2D eigenvalue weighted by molar-refractivity contribution is 9.10. The van der Waals surface area contributed by atoms with E-state index in [2.05, 4.69) is 70.6 Å². The number of benzene rings is 2. The van der Waals surface area contributed by atoms with Crippen molar-refractivity contribution in [1.82, 2.24) is 0 Å². The Morgan fingerprint density at radius 1 is 1.10 bits per heavy atom. The molecule has 1 unspecified atom stereocenters. The number of rotatable bonds is 2. The van der Waals surface area contributed by atoms with Crippen LogP contribution in [0.3, 0.4) is 0 Å². The van der Waals surface area contributed by atoms with Gasteiger partial charge in [0, 0.05) is 10.2 Å². The third-order valence-corrected chi connectivity index (χ3v) is 5.01. The summed E-state index contributed by atoms with van der Waals surface area (Å²) in [5.41, 5.74) is 5.48. The number of fused-ring (bicyclic) bond motifs is 1. The van der Waals surface area contributed by atoms with Gasteiger partial charge in [-0.3, -0.25) is 0 Å². The zero-order valence-electron chi connectivity index (χ0n) is 11.8. The van der Waals surface area contributed by atoms with Crippen LogP contribution in [0.15, 0.2) is 46.9 Å². The largest absolute Gasteiger partial charge is 0.378 e. The molecule has 20 heavy (non-hydrogen) atoms. The van der Waals surface area contributed by atoms with Crippen molar-refractivity contribution in [2.75, 3.05) is 5.32 Å². The van der Waals surface area contributed by atoms with E-state index in [0.717, 1.165) is 0 Å². The van der Waals surface area contributed by atoms with E-state index in [0.29, 0.717) is 6.04 Å². The fourth-order valence-electron chi connectivity index (χ4n) is 3.01. The van der Waals surface area contributed by atoms with E-state index >= 15 is 0 Å². The van der Waals surface area contributed by atoms with Crippen molar-refractivity contribution in [3.8, 4) is 0 Å². The summed E-state index contributed by atoms with van der Waals surface area (Å²) in [6.07, 6.45) is 5.02.